The lowest BCUT2D eigenvalue weighted by atomic mass is 10.2. The molecule has 0 aliphatic heterocycles. The monoisotopic (exact) mass is 330 g/mol. The highest BCUT2D eigenvalue weighted by Crippen LogP contribution is 2.29. The van der Waals surface area contributed by atoms with Crippen LogP contribution in [0.5, 0.6) is 0 Å². The zero-order chi connectivity index (χ0) is 15.8. The minimum absolute atomic E-state index is 0.0854. The molecule has 112 valence electrons. The van der Waals surface area contributed by atoms with E-state index in [4.69, 9.17) is 11.6 Å². The number of nitrogens with one attached hydrogen (secondary N) is 1. The van der Waals surface area contributed by atoms with Gasteiger partial charge in [0.15, 0.2) is 0 Å². The molecule has 0 spiro atoms. The van der Waals surface area contributed by atoms with Crippen LogP contribution in [0.3, 0.4) is 0 Å². The second-order valence-electron chi connectivity index (χ2n) is 4.33. The van der Waals surface area contributed by atoms with Crippen LogP contribution >= 0.6 is 11.6 Å². The predicted molar refractivity (Wildman–Crippen MR) is 76.9 cm³/mol. The summed E-state index contributed by atoms with van der Waals surface area (Å²) < 4.78 is 27.9. The van der Waals surface area contributed by atoms with Crippen molar-refractivity contribution in [2.45, 2.75) is 11.9 Å². The van der Waals surface area contributed by atoms with Gasteiger partial charge in [-0.15, -0.1) is 0 Å². The molecule has 2 aromatic rings. The number of aryl methyl sites for hydroxylation is 2. The summed E-state index contributed by atoms with van der Waals surface area (Å²) >= 11 is 5.84. The Hall–Kier alpha value is -2.13. The molecule has 0 atom stereocenters. The number of nitro benzene ring substituents is 1. The van der Waals surface area contributed by atoms with Gasteiger partial charge in [-0.2, -0.15) is 8.42 Å². The summed E-state index contributed by atoms with van der Waals surface area (Å²) in [5.41, 5.74) is 0.184. The summed E-state index contributed by atoms with van der Waals surface area (Å²) in [5.74, 6) is 0. The maximum absolute atomic E-state index is 12.2. The van der Waals surface area contributed by atoms with Crippen molar-refractivity contribution in [2.75, 3.05) is 4.72 Å². The van der Waals surface area contributed by atoms with Gasteiger partial charge in [0.1, 0.15) is 10.8 Å². The van der Waals surface area contributed by atoms with Gasteiger partial charge in [-0.25, -0.2) is 4.98 Å². The van der Waals surface area contributed by atoms with Crippen molar-refractivity contribution in [3.05, 3.63) is 45.4 Å². The van der Waals surface area contributed by atoms with Crippen LogP contribution in [0.2, 0.25) is 5.15 Å². The van der Waals surface area contributed by atoms with E-state index in [2.05, 4.69) is 9.71 Å². The fraction of sp³-hybridized carbons (Fsp3) is 0.182. The Bertz CT molecular complexity index is 816. The Morgan fingerprint density at radius 3 is 2.62 bits per heavy atom. The molecule has 0 radical (unpaired) electrons. The molecule has 1 aromatic carbocycles. The van der Waals surface area contributed by atoms with Gasteiger partial charge in [0, 0.05) is 13.1 Å². The van der Waals surface area contributed by atoms with E-state index in [1.54, 1.807) is 6.92 Å². The Labute approximate surface area is 125 Å². The zero-order valence-electron chi connectivity index (χ0n) is 11.1. The first kappa shape index (κ1) is 15.3. The predicted octanol–water partition coefficient (Wildman–Crippen LogP) is 2.09. The van der Waals surface area contributed by atoms with Gasteiger partial charge in [-0.05, 0) is 18.6 Å². The Morgan fingerprint density at radius 2 is 2.10 bits per heavy atom. The van der Waals surface area contributed by atoms with E-state index < -0.39 is 14.9 Å². The molecule has 0 fully saturated rings. The Morgan fingerprint density at radius 1 is 1.43 bits per heavy atom. The fourth-order valence-electron chi connectivity index (χ4n) is 1.66. The van der Waals surface area contributed by atoms with Gasteiger partial charge in [0.2, 0.25) is 5.03 Å². The van der Waals surface area contributed by atoms with E-state index in [9.17, 15) is 18.5 Å². The van der Waals surface area contributed by atoms with Crippen molar-refractivity contribution < 1.29 is 13.3 Å². The standard InChI is InChI=1S/C11H11ClN4O4S/c1-7-3-4-9(16(17)18)8(5-7)14-21(19,20)11-10(12)15(2)6-13-11/h3-6,14H,1-2H3. The molecule has 1 aromatic heterocycles. The summed E-state index contributed by atoms with van der Waals surface area (Å²) in [7, 11) is -2.58. The number of aromatic nitrogens is 2. The van der Waals surface area contributed by atoms with E-state index in [0.717, 1.165) is 0 Å². The highest BCUT2D eigenvalue weighted by molar-refractivity contribution is 7.92. The normalized spacial score (nSPS) is 11.4. The van der Waals surface area contributed by atoms with Gasteiger partial charge in [-0.3, -0.25) is 14.8 Å². The van der Waals surface area contributed by atoms with Gasteiger partial charge >= 0.3 is 0 Å². The number of sulfonamides is 1. The number of halogens is 1. The second-order valence-corrected chi connectivity index (χ2v) is 6.29. The van der Waals surface area contributed by atoms with Crippen molar-refractivity contribution >= 4 is 33.0 Å². The first-order chi connectivity index (χ1) is 9.72. The van der Waals surface area contributed by atoms with E-state index in [0.29, 0.717) is 5.56 Å². The quantitative estimate of drug-likeness (QED) is 0.682. The van der Waals surface area contributed by atoms with E-state index in [1.807, 2.05) is 0 Å². The largest absolute Gasteiger partial charge is 0.324 e. The van der Waals surface area contributed by atoms with E-state index in [1.165, 1.54) is 36.1 Å². The van der Waals surface area contributed by atoms with Gasteiger partial charge in [0.25, 0.3) is 15.7 Å². The molecular formula is C11H11ClN4O4S. The van der Waals surface area contributed by atoms with Crippen LogP contribution in [0.1, 0.15) is 5.56 Å². The summed E-state index contributed by atoms with van der Waals surface area (Å²) in [4.78, 5) is 14.0. The van der Waals surface area contributed by atoms with E-state index >= 15 is 0 Å². The van der Waals surface area contributed by atoms with Gasteiger partial charge in [-0.1, -0.05) is 17.7 Å². The lowest BCUT2D eigenvalue weighted by Crippen LogP contribution is -2.15. The number of hydrogen-bond donors (Lipinski definition) is 1. The van der Waals surface area contributed by atoms with Crippen molar-refractivity contribution in [1.29, 1.82) is 0 Å². The molecule has 1 heterocycles. The molecule has 0 bridgehead atoms. The average molecular weight is 331 g/mol. The molecule has 0 saturated heterocycles. The highest BCUT2D eigenvalue weighted by Gasteiger charge is 2.25. The average Bonchev–Trinajstić information content (AvgIpc) is 2.69. The van der Waals surface area contributed by atoms with E-state index in [-0.39, 0.29) is 21.6 Å². The third-order valence-corrected chi connectivity index (χ3v) is 4.54. The van der Waals surface area contributed by atoms with Crippen LogP contribution in [0.4, 0.5) is 11.4 Å². The van der Waals surface area contributed by atoms with Crippen molar-refractivity contribution in [2.24, 2.45) is 7.05 Å². The molecular weight excluding hydrogens is 320 g/mol. The Kier molecular flexibility index (Phi) is 3.88. The van der Waals surface area contributed by atoms with Crippen LogP contribution in [0.25, 0.3) is 0 Å². The number of imidazole rings is 1. The first-order valence-electron chi connectivity index (χ1n) is 5.67. The molecule has 2 rings (SSSR count). The maximum atomic E-state index is 12.2. The molecule has 21 heavy (non-hydrogen) atoms. The smallest absolute Gasteiger partial charge is 0.293 e. The molecule has 0 aliphatic carbocycles. The van der Waals surface area contributed by atoms with Crippen molar-refractivity contribution in [1.82, 2.24) is 9.55 Å². The molecule has 10 heteroatoms. The number of hydrogen-bond acceptors (Lipinski definition) is 5. The summed E-state index contributed by atoms with van der Waals surface area (Å²) in [6.07, 6.45) is 1.24. The number of rotatable bonds is 4. The molecule has 0 aliphatic rings. The summed E-state index contributed by atoms with van der Waals surface area (Å²) in [5, 5.41) is 10.5. The molecule has 0 unspecified atom stereocenters. The highest BCUT2D eigenvalue weighted by atomic mass is 35.5. The third kappa shape index (κ3) is 2.98. The SMILES string of the molecule is Cc1ccc([N+](=O)[O-])c(NS(=O)(=O)c2ncn(C)c2Cl)c1. The van der Waals surface area contributed by atoms with Crippen molar-refractivity contribution in [3.8, 4) is 0 Å². The number of nitrogens with zero attached hydrogens (tertiary/aromatic N) is 3. The third-order valence-electron chi connectivity index (χ3n) is 2.68. The lowest BCUT2D eigenvalue weighted by molar-refractivity contribution is -0.383. The van der Waals surface area contributed by atoms with Crippen LogP contribution in [0, 0.1) is 17.0 Å². The maximum Gasteiger partial charge on any atom is 0.293 e. The zero-order valence-corrected chi connectivity index (χ0v) is 12.6. The van der Waals surface area contributed by atoms with Crippen LogP contribution < -0.4 is 4.72 Å². The summed E-state index contributed by atoms with van der Waals surface area (Å²) in [6, 6.07) is 4.11. The molecule has 0 saturated carbocycles. The minimum atomic E-state index is -4.11. The van der Waals surface area contributed by atoms with Crippen LogP contribution in [-0.2, 0) is 17.1 Å². The van der Waals surface area contributed by atoms with Crippen LogP contribution in [-0.4, -0.2) is 22.9 Å². The summed E-state index contributed by atoms with van der Waals surface area (Å²) in [6.45, 7) is 1.69. The van der Waals surface area contributed by atoms with Gasteiger partial charge < -0.3 is 4.57 Å². The van der Waals surface area contributed by atoms with Crippen molar-refractivity contribution in [3.63, 3.8) is 0 Å². The first-order valence-corrected chi connectivity index (χ1v) is 7.53. The fourth-order valence-corrected chi connectivity index (χ4v) is 3.16. The minimum Gasteiger partial charge on any atom is -0.324 e. The number of anilines is 1. The lowest BCUT2D eigenvalue weighted by Gasteiger charge is -2.08. The van der Waals surface area contributed by atoms with Crippen LogP contribution in [0.15, 0.2) is 29.6 Å². The van der Waals surface area contributed by atoms with Gasteiger partial charge in [0.05, 0.1) is 11.3 Å². The number of nitro groups is 1. The Balaban J connectivity index is 2.49. The molecule has 8 nitrogen and oxygen atoms in total. The molecule has 0 amide bonds. The second kappa shape index (κ2) is 5.34. The number of benzene rings is 1. The topological polar surface area (TPSA) is 107 Å². The molecule has 1 N–H and O–H groups in total.